The zero-order valence-electron chi connectivity index (χ0n) is 6.55. The van der Waals surface area contributed by atoms with Crippen molar-refractivity contribution >= 4 is 0 Å². The fourth-order valence-electron chi connectivity index (χ4n) is 0.870. The topological polar surface area (TPSA) is 55.1 Å². The van der Waals surface area contributed by atoms with Gasteiger partial charge in [-0.1, -0.05) is 6.08 Å². The number of aromatic nitrogens is 2. The predicted molar refractivity (Wildman–Crippen MR) is 44.8 cm³/mol. The highest BCUT2D eigenvalue weighted by molar-refractivity contribution is 4.91. The normalized spacial score (nSPS) is 12.4. The van der Waals surface area contributed by atoms with Gasteiger partial charge in [-0.3, -0.25) is 4.79 Å². The lowest BCUT2D eigenvalue weighted by Crippen LogP contribution is -2.26. The van der Waals surface area contributed by atoms with Gasteiger partial charge in [0.25, 0.3) is 5.56 Å². The molecule has 0 saturated carbocycles. The van der Waals surface area contributed by atoms with Crippen molar-refractivity contribution in [2.24, 2.45) is 0 Å². The Balaban J connectivity index is 3.08. The Morgan fingerprint density at radius 3 is 3.08 bits per heavy atom. The summed E-state index contributed by atoms with van der Waals surface area (Å²) in [6.45, 7) is 3.32. The van der Waals surface area contributed by atoms with E-state index in [-0.39, 0.29) is 12.2 Å². The molecule has 0 unspecified atom stereocenters. The predicted octanol–water partition coefficient (Wildman–Crippen LogP) is -0.0373. The monoisotopic (exact) mass is 166 g/mol. The fraction of sp³-hybridized carbons (Fsp3) is 0.250. The van der Waals surface area contributed by atoms with Gasteiger partial charge >= 0.3 is 0 Å². The molecule has 0 aliphatic heterocycles. The number of hydrogen-bond acceptors (Lipinski definition) is 3. The van der Waals surface area contributed by atoms with Crippen molar-refractivity contribution in [3.8, 4) is 0 Å². The molecule has 0 saturated heterocycles. The summed E-state index contributed by atoms with van der Waals surface area (Å²) < 4.78 is 1.19. The van der Waals surface area contributed by atoms with Crippen LogP contribution in [0.4, 0.5) is 0 Å². The van der Waals surface area contributed by atoms with E-state index >= 15 is 0 Å². The van der Waals surface area contributed by atoms with Crippen molar-refractivity contribution in [2.75, 3.05) is 6.61 Å². The van der Waals surface area contributed by atoms with Gasteiger partial charge in [-0.05, 0) is 6.07 Å². The zero-order valence-corrected chi connectivity index (χ0v) is 6.55. The van der Waals surface area contributed by atoms with Gasteiger partial charge in [-0.2, -0.15) is 5.10 Å². The minimum Gasteiger partial charge on any atom is -0.394 e. The van der Waals surface area contributed by atoms with Gasteiger partial charge in [-0.25, -0.2) is 4.68 Å². The third-order valence-corrected chi connectivity index (χ3v) is 1.52. The molecule has 4 heteroatoms. The van der Waals surface area contributed by atoms with E-state index in [0.717, 1.165) is 0 Å². The molecule has 1 N–H and O–H groups in total. The van der Waals surface area contributed by atoms with Gasteiger partial charge in [0.2, 0.25) is 0 Å². The number of hydrogen-bond donors (Lipinski definition) is 1. The quantitative estimate of drug-likeness (QED) is 0.641. The van der Waals surface area contributed by atoms with Crippen LogP contribution in [0.1, 0.15) is 6.04 Å². The van der Waals surface area contributed by atoms with Gasteiger partial charge in [0, 0.05) is 12.3 Å². The maximum Gasteiger partial charge on any atom is 0.267 e. The van der Waals surface area contributed by atoms with Crippen LogP contribution in [0.25, 0.3) is 0 Å². The van der Waals surface area contributed by atoms with E-state index in [9.17, 15) is 4.79 Å². The van der Waals surface area contributed by atoms with E-state index in [4.69, 9.17) is 5.11 Å². The molecule has 64 valence electrons. The summed E-state index contributed by atoms with van der Waals surface area (Å²) in [7, 11) is 0. The van der Waals surface area contributed by atoms with E-state index in [1.165, 1.54) is 23.0 Å². The first-order valence-electron chi connectivity index (χ1n) is 3.57. The first-order chi connectivity index (χ1) is 5.79. The Kier molecular flexibility index (Phi) is 2.76. The summed E-state index contributed by atoms with van der Waals surface area (Å²) in [5.41, 5.74) is -0.239. The molecule has 0 bridgehead atoms. The molecule has 0 radical (unpaired) electrons. The second-order valence-corrected chi connectivity index (χ2v) is 2.29. The molecule has 0 aliphatic rings. The Labute approximate surface area is 69.8 Å². The molecule has 0 amide bonds. The number of aliphatic hydroxyl groups is 1. The van der Waals surface area contributed by atoms with Crippen LogP contribution in [-0.4, -0.2) is 21.5 Å². The van der Waals surface area contributed by atoms with Crippen LogP contribution in [0.15, 0.2) is 35.8 Å². The van der Waals surface area contributed by atoms with Crippen LogP contribution >= 0.6 is 0 Å². The molecule has 0 fully saturated rings. The summed E-state index contributed by atoms with van der Waals surface area (Å²) in [6.07, 6.45) is 2.97. The SMILES string of the molecule is C=C[C@H](CO)n1ncccc1=O. The van der Waals surface area contributed by atoms with Crippen molar-refractivity contribution in [3.63, 3.8) is 0 Å². The van der Waals surface area contributed by atoms with Crippen LogP contribution in [0.5, 0.6) is 0 Å². The number of aliphatic hydroxyl groups excluding tert-OH is 1. The average Bonchev–Trinajstić information content (AvgIpc) is 2.10. The highest BCUT2D eigenvalue weighted by Gasteiger charge is 2.05. The van der Waals surface area contributed by atoms with Crippen LogP contribution in [0, 0.1) is 0 Å². The second kappa shape index (κ2) is 3.82. The van der Waals surface area contributed by atoms with Gasteiger partial charge in [0.05, 0.1) is 12.6 Å². The molecule has 1 aromatic heterocycles. The first-order valence-corrected chi connectivity index (χ1v) is 3.57. The van der Waals surface area contributed by atoms with Gasteiger partial charge in [0.15, 0.2) is 0 Å². The standard InChI is InChI=1S/C8H10N2O2/c1-2-7(6-11)10-8(12)4-3-5-9-10/h2-5,7,11H,1,6H2/t7-/m1/s1. The lowest BCUT2D eigenvalue weighted by Gasteiger charge is -2.09. The zero-order chi connectivity index (χ0) is 8.97. The minimum atomic E-state index is -0.432. The maximum atomic E-state index is 11.1. The van der Waals surface area contributed by atoms with Crippen molar-refractivity contribution < 1.29 is 5.11 Å². The maximum absolute atomic E-state index is 11.1. The minimum absolute atomic E-state index is 0.166. The highest BCUT2D eigenvalue weighted by atomic mass is 16.3. The summed E-state index contributed by atoms with van der Waals surface area (Å²) in [5, 5.41) is 12.6. The first kappa shape index (κ1) is 8.67. The summed E-state index contributed by atoms with van der Waals surface area (Å²) >= 11 is 0. The summed E-state index contributed by atoms with van der Waals surface area (Å²) in [4.78, 5) is 11.1. The van der Waals surface area contributed by atoms with Gasteiger partial charge in [-0.15, -0.1) is 6.58 Å². The van der Waals surface area contributed by atoms with Gasteiger partial charge in [0.1, 0.15) is 0 Å². The van der Waals surface area contributed by atoms with E-state index in [2.05, 4.69) is 11.7 Å². The Hall–Kier alpha value is -1.42. The third kappa shape index (κ3) is 1.60. The molecular weight excluding hydrogens is 156 g/mol. The average molecular weight is 166 g/mol. The molecule has 0 aliphatic carbocycles. The molecule has 0 aromatic carbocycles. The Morgan fingerprint density at radius 2 is 2.58 bits per heavy atom. The molecule has 0 spiro atoms. The number of rotatable bonds is 3. The summed E-state index contributed by atoms with van der Waals surface area (Å²) in [5.74, 6) is 0. The van der Waals surface area contributed by atoms with Crippen LogP contribution in [0.2, 0.25) is 0 Å². The smallest absolute Gasteiger partial charge is 0.267 e. The third-order valence-electron chi connectivity index (χ3n) is 1.52. The van der Waals surface area contributed by atoms with Crippen LogP contribution < -0.4 is 5.56 Å². The lowest BCUT2D eigenvalue weighted by atomic mass is 10.3. The fourth-order valence-corrected chi connectivity index (χ4v) is 0.870. The largest absolute Gasteiger partial charge is 0.394 e. The van der Waals surface area contributed by atoms with Crippen molar-refractivity contribution in [1.29, 1.82) is 0 Å². The Morgan fingerprint density at radius 1 is 1.83 bits per heavy atom. The highest BCUT2D eigenvalue weighted by Crippen LogP contribution is 1.98. The Bertz CT molecular complexity index is 319. The van der Waals surface area contributed by atoms with Crippen molar-refractivity contribution in [3.05, 3.63) is 41.3 Å². The van der Waals surface area contributed by atoms with Crippen molar-refractivity contribution in [2.45, 2.75) is 6.04 Å². The van der Waals surface area contributed by atoms with Crippen LogP contribution in [-0.2, 0) is 0 Å². The molecular formula is C8H10N2O2. The second-order valence-electron chi connectivity index (χ2n) is 2.29. The van der Waals surface area contributed by atoms with E-state index in [1.807, 2.05) is 0 Å². The molecule has 12 heavy (non-hydrogen) atoms. The molecule has 1 atom stereocenters. The molecule has 1 aromatic rings. The molecule has 4 nitrogen and oxygen atoms in total. The number of nitrogens with zero attached hydrogens (tertiary/aromatic N) is 2. The molecule has 1 rings (SSSR count). The summed E-state index contributed by atoms with van der Waals surface area (Å²) in [6, 6.07) is 2.51. The van der Waals surface area contributed by atoms with E-state index in [0.29, 0.717) is 0 Å². The van der Waals surface area contributed by atoms with Gasteiger partial charge < -0.3 is 5.11 Å². The van der Waals surface area contributed by atoms with E-state index < -0.39 is 6.04 Å². The van der Waals surface area contributed by atoms with Crippen LogP contribution in [0.3, 0.4) is 0 Å². The van der Waals surface area contributed by atoms with E-state index in [1.54, 1.807) is 6.07 Å². The van der Waals surface area contributed by atoms with Crippen molar-refractivity contribution in [1.82, 2.24) is 9.78 Å². The lowest BCUT2D eigenvalue weighted by molar-refractivity contribution is 0.241. The molecule has 1 heterocycles.